The molecule has 2 aliphatic carbocycles. The van der Waals surface area contributed by atoms with E-state index in [1.54, 1.807) is 0 Å². The average molecular weight is 683 g/mol. The predicted octanol–water partition coefficient (Wildman–Crippen LogP) is 12.1. The van der Waals surface area contributed by atoms with Gasteiger partial charge in [0.25, 0.3) is 0 Å². The molecule has 0 amide bonds. The zero-order chi connectivity index (χ0) is 34.8. The number of benzene rings is 6. The molecule has 0 bridgehead atoms. The van der Waals surface area contributed by atoms with Gasteiger partial charge in [0.05, 0.1) is 5.69 Å². The second kappa shape index (κ2) is 12.6. The first kappa shape index (κ1) is 32.4. The van der Waals surface area contributed by atoms with Crippen LogP contribution in [0.5, 0.6) is 0 Å². The van der Waals surface area contributed by atoms with Crippen molar-refractivity contribution >= 4 is 0 Å². The molecule has 6 aromatic carbocycles. The van der Waals surface area contributed by atoms with Crippen molar-refractivity contribution in [1.29, 1.82) is 0 Å². The largest absolute Gasteiger partial charge is 0.248 e. The third kappa shape index (κ3) is 5.29. The van der Waals surface area contributed by atoms with E-state index in [2.05, 4.69) is 166 Å². The van der Waals surface area contributed by atoms with Crippen LogP contribution in [0.25, 0.3) is 78.8 Å². The molecule has 0 fully saturated rings. The first-order valence-corrected chi connectivity index (χ1v) is 17.9. The van der Waals surface area contributed by atoms with Gasteiger partial charge in [0.1, 0.15) is 5.69 Å². The minimum atomic E-state index is -0.240. The van der Waals surface area contributed by atoms with E-state index < -0.39 is 0 Å². The third-order valence-electron chi connectivity index (χ3n) is 10.8. The molecule has 254 valence electrons. The highest BCUT2D eigenvalue weighted by molar-refractivity contribution is 5.89. The molecule has 2 aromatic heterocycles. The predicted molar refractivity (Wildman–Crippen MR) is 217 cm³/mol. The summed E-state index contributed by atoms with van der Waals surface area (Å²) in [5.74, 6) is 1.85. The summed E-state index contributed by atoms with van der Waals surface area (Å²) in [4.78, 5) is 20.9. The van der Waals surface area contributed by atoms with Crippen molar-refractivity contribution in [3.8, 4) is 78.8 Å². The van der Waals surface area contributed by atoms with Gasteiger partial charge >= 0.3 is 0 Å². The summed E-state index contributed by atoms with van der Waals surface area (Å²) < 4.78 is 0. The van der Waals surface area contributed by atoms with Gasteiger partial charge in [-0.15, -0.1) is 0 Å². The third-order valence-corrected chi connectivity index (χ3v) is 10.8. The van der Waals surface area contributed by atoms with Gasteiger partial charge < -0.3 is 0 Å². The van der Waals surface area contributed by atoms with Crippen molar-refractivity contribution in [3.05, 3.63) is 180 Å². The summed E-state index contributed by atoms with van der Waals surface area (Å²) in [6.45, 7) is 4.50. The number of rotatable bonds is 5. The van der Waals surface area contributed by atoms with Gasteiger partial charge in [0.15, 0.2) is 17.5 Å². The lowest BCUT2D eigenvalue weighted by Gasteiger charge is -2.20. The van der Waals surface area contributed by atoms with Gasteiger partial charge in [-0.1, -0.05) is 173 Å². The molecule has 2 aliphatic rings. The molecule has 4 heteroatoms. The lowest BCUT2D eigenvalue weighted by atomic mass is 9.85. The maximum atomic E-state index is 5.31. The Bertz CT molecular complexity index is 2660. The number of fused-ring (bicyclic) bond motifs is 6. The number of hydrogen-bond donors (Lipinski definition) is 0. The van der Waals surface area contributed by atoms with Gasteiger partial charge in [0.2, 0.25) is 0 Å². The van der Waals surface area contributed by atoms with Gasteiger partial charge in [0, 0.05) is 28.5 Å². The van der Waals surface area contributed by atoms with Crippen LogP contribution in [-0.2, 0) is 11.8 Å². The highest BCUT2D eigenvalue weighted by atomic mass is 15.0. The van der Waals surface area contributed by atoms with Crippen LogP contribution in [0, 0.1) is 0 Å². The van der Waals surface area contributed by atoms with E-state index in [9.17, 15) is 0 Å². The van der Waals surface area contributed by atoms with Gasteiger partial charge in [-0.3, -0.25) is 0 Å². The number of pyridine rings is 1. The van der Waals surface area contributed by atoms with Crippen molar-refractivity contribution in [2.45, 2.75) is 33.1 Å². The Morgan fingerprint density at radius 3 is 1.64 bits per heavy atom. The number of aromatic nitrogens is 4. The quantitative estimate of drug-likeness (QED) is 0.181. The van der Waals surface area contributed by atoms with Gasteiger partial charge in [-0.2, -0.15) is 0 Å². The second-order valence-corrected chi connectivity index (χ2v) is 14.2. The topological polar surface area (TPSA) is 51.6 Å². The van der Waals surface area contributed by atoms with Crippen molar-refractivity contribution in [1.82, 2.24) is 19.9 Å². The number of nitrogens with zero attached hydrogens (tertiary/aromatic N) is 4. The van der Waals surface area contributed by atoms with E-state index in [4.69, 9.17) is 19.9 Å². The fraction of sp³-hybridized carbons (Fsp3) is 0.102. The first-order chi connectivity index (χ1) is 25.5. The highest BCUT2D eigenvalue weighted by Gasteiger charge is 2.37. The molecule has 0 N–H and O–H groups in total. The molecule has 10 rings (SSSR count). The Morgan fingerprint density at radius 2 is 0.906 bits per heavy atom. The smallest absolute Gasteiger partial charge is 0.182 e. The standard InChI is InChI=1S/C48H34N4.CH4/c1-48(2)42-22-10-9-17-37(42)38-27-28-43(49-44(38)48)47-51-45(33-25-23-31(24-26-33)30-13-5-3-6-14-30)50-46(52-47)39-21-12-20-36-35-19-11-18-34(40(35)29-41(36)39)32-15-7-4-8-16-32;/h3-28H,29H2,1-2H3;1H4. The normalized spacial score (nSPS) is 13.0. The molecule has 0 radical (unpaired) electrons. The van der Waals surface area contributed by atoms with Crippen molar-refractivity contribution in [2.24, 2.45) is 0 Å². The molecule has 8 aromatic rings. The van der Waals surface area contributed by atoms with Crippen LogP contribution in [0.2, 0.25) is 0 Å². The van der Waals surface area contributed by atoms with Gasteiger partial charge in [-0.25, -0.2) is 19.9 Å². The number of hydrogen-bond acceptors (Lipinski definition) is 4. The van der Waals surface area contributed by atoms with E-state index in [1.807, 2.05) is 6.07 Å². The molecule has 0 unspecified atom stereocenters. The molecule has 0 saturated carbocycles. The van der Waals surface area contributed by atoms with Crippen molar-refractivity contribution in [3.63, 3.8) is 0 Å². The van der Waals surface area contributed by atoms with Crippen LogP contribution in [0.15, 0.2) is 158 Å². The molecule has 53 heavy (non-hydrogen) atoms. The van der Waals surface area contributed by atoms with Crippen LogP contribution in [0.3, 0.4) is 0 Å². The van der Waals surface area contributed by atoms with Crippen molar-refractivity contribution < 1.29 is 0 Å². The molecule has 4 nitrogen and oxygen atoms in total. The maximum Gasteiger partial charge on any atom is 0.182 e. The molecule has 0 atom stereocenters. The minimum Gasteiger partial charge on any atom is -0.248 e. The first-order valence-electron chi connectivity index (χ1n) is 17.9. The summed E-state index contributed by atoms with van der Waals surface area (Å²) in [7, 11) is 0. The maximum absolute atomic E-state index is 5.31. The zero-order valence-electron chi connectivity index (χ0n) is 29.0. The van der Waals surface area contributed by atoms with Crippen LogP contribution in [0.4, 0.5) is 0 Å². The van der Waals surface area contributed by atoms with E-state index in [0.29, 0.717) is 17.5 Å². The Labute approximate surface area is 311 Å². The Morgan fingerprint density at radius 1 is 0.377 bits per heavy atom. The summed E-state index contributed by atoms with van der Waals surface area (Å²) in [6, 6.07) is 55.6. The second-order valence-electron chi connectivity index (χ2n) is 14.2. The fourth-order valence-corrected chi connectivity index (χ4v) is 8.18. The van der Waals surface area contributed by atoms with Crippen LogP contribution in [-0.4, -0.2) is 19.9 Å². The lowest BCUT2D eigenvalue weighted by Crippen LogP contribution is -2.17. The van der Waals surface area contributed by atoms with E-state index in [0.717, 1.165) is 34.5 Å². The average Bonchev–Trinajstić information content (AvgIpc) is 3.70. The van der Waals surface area contributed by atoms with E-state index in [1.165, 1.54) is 55.6 Å². The van der Waals surface area contributed by atoms with E-state index in [-0.39, 0.29) is 12.8 Å². The molecular formula is C49H38N4. The monoisotopic (exact) mass is 682 g/mol. The SMILES string of the molecule is C.CC1(C)c2ccccc2-c2ccc(-c3nc(-c4ccc(-c5ccccc5)cc4)nc(-c4cccc5c4Cc4c(-c6ccccc6)cccc4-5)n3)nc21. The highest BCUT2D eigenvalue weighted by Crippen LogP contribution is 2.48. The summed E-state index contributed by atoms with van der Waals surface area (Å²) >= 11 is 0. The fourth-order valence-electron chi connectivity index (χ4n) is 8.18. The summed E-state index contributed by atoms with van der Waals surface area (Å²) in [5, 5.41) is 0. The molecule has 0 saturated heterocycles. The molecule has 2 heterocycles. The van der Waals surface area contributed by atoms with Crippen molar-refractivity contribution in [2.75, 3.05) is 0 Å². The zero-order valence-corrected chi connectivity index (χ0v) is 29.0. The molecule has 0 aliphatic heterocycles. The van der Waals surface area contributed by atoms with E-state index >= 15 is 0 Å². The Hall–Kier alpha value is -6.52. The summed E-state index contributed by atoms with van der Waals surface area (Å²) in [6.07, 6.45) is 0.803. The lowest BCUT2D eigenvalue weighted by molar-refractivity contribution is 0.637. The molecule has 0 spiro atoms. The Balaban J connectivity index is 0.00000372. The van der Waals surface area contributed by atoms with Gasteiger partial charge in [-0.05, 0) is 61.7 Å². The van der Waals surface area contributed by atoms with Crippen LogP contribution < -0.4 is 0 Å². The van der Waals surface area contributed by atoms with Crippen LogP contribution >= 0.6 is 0 Å². The Kier molecular flexibility index (Phi) is 7.71. The minimum absolute atomic E-state index is 0. The summed E-state index contributed by atoms with van der Waals surface area (Å²) in [5.41, 5.74) is 17.1. The van der Waals surface area contributed by atoms with Crippen LogP contribution in [0.1, 0.15) is 43.7 Å². The molecular weight excluding hydrogens is 645 g/mol.